The predicted molar refractivity (Wildman–Crippen MR) is 86.6 cm³/mol. The van der Waals surface area contributed by atoms with E-state index < -0.39 is 6.10 Å². The van der Waals surface area contributed by atoms with Gasteiger partial charge in [-0.25, -0.2) is 0 Å². The highest BCUT2D eigenvalue weighted by atomic mass is 16.5. The Morgan fingerprint density at radius 2 is 2.04 bits per heavy atom. The van der Waals surface area contributed by atoms with Gasteiger partial charge in [0.1, 0.15) is 6.10 Å². The van der Waals surface area contributed by atoms with Crippen molar-refractivity contribution in [2.45, 2.75) is 12.5 Å². The minimum atomic E-state index is -0.514. The number of ether oxygens (including phenoxy) is 2. The molecule has 8 nitrogen and oxygen atoms in total. The summed E-state index contributed by atoms with van der Waals surface area (Å²) >= 11 is 0. The van der Waals surface area contributed by atoms with Gasteiger partial charge >= 0.3 is 5.97 Å². The molecule has 0 bridgehead atoms. The van der Waals surface area contributed by atoms with E-state index >= 15 is 0 Å². The van der Waals surface area contributed by atoms with Crippen molar-refractivity contribution < 1.29 is 23.9 Å². The van der Waals surface area contributed by atoms with Crippen LogP contribution in [0.2, 0.25) is 0 Å². The third-order valence-electron chi connectivity index (χ3n) is 3.48. The van der Waals surface area contributed by atoms with Crippen molar-refractivity contribution in [3.63, 3.8) is 0 Å². The zero-order valence-electron chi connectivity index (χ0n) is 13.5. The Morgan fingerprint density at radius 1 is 1.29 bits per heavy atom. The molecule has 1 aromatic rings. The van der Waals surface area contributed by atoms with Gasteiger partial charge in [-0.1, -0.05) is 0 Å². The van der Waals surface area contributed by atoms with Crippen molar-refractivity contribution in [1.29, 1.82) is 0 Å². The van der Waals surface area contributed by atoms with Gasteiger partial charge in [-0.05, 0) is 24.3 Å². The molecule has 1 aliphatic rings. The highest BCUT2D eigenvalue weighted by Crippen LogP contribution is 2.11. The number of carbonyl (C=O) groups excluding carboxylic acids is 3. The van der Waals surface area contributed by atoms with E-state index in [0.717, 1.165) is 6.54 Å². The number of amides is 2. The van der Waals surface area contributed by atoms with Crippen molar-refractivity contribution in [3.8, 4) is 0 Å². The molecular formula is C16H21N3O5. The number of esters is 1. The van der Waals surface area contributed by atoms with Crippen LogP contribution in [0.5, 0.6) is 0 Å². The monoisotopic (exact) mass is 335 g/mol. The zero-order valence-corrected chi connectivity index (χ0v) is 13.5. The Kier molecular flexibility index (Phi) is 6.71. The first-order chi connectivity index (χ1) is 11.6. The lowest BCUT2D eigenvalue weighted by Crippen LogP contribution is -2.45. The van der Waals surface area contributed by atoms with Crippen LogP contribution in [0.1, 0.15) is 16.8 Å². The smallest absolute Gasteiger partial charge is 0.307 e. The molecular weight excluding hydrogens is 314 g/mol. The molecule has 1 aromatic carbocycles. The number of carbonyl (C=O) groups is 3. The van der Waals surface area contributed by atoms with Gasteiger partial charge in [-0.15, -0.1) is 0 Å². The van der Waals surface area contributed by atoms with Crippen LogP contribution in [0.3, 0.4) is 0 Å². The van der Waals surface area contributed by atoms with E-state index in [2.05, 4.69) is 20.7 Å². The Labute approximate surface area is 139 Å². The van der Waals surface area contributed by atoms with Crippen LogP contribution in [-0.2, 0) is 19.1 Å². The number of hydrogen-bond acceptors (Lipinski definition) is 6. The average Bonchev–Trinajstić information content (AvgIpc) is 2.62. The molecule has 0 saturated carbocycles. The lowest BCUT2D eigenvalue weighted by atomic mass is 10.2. The number of rotatable bonds is 6. The molecule has 1 aliphatic heterocycles. The number of benzene rings is 1. The Hall–Kier alpha value is -2.45. The van der Waals surface area contributed by atoms with Gasteiger partial charge in [0.2, 0.25) is 0 Å². The lowest BCUT2D eigenvalue weighted by molar-refractivity contribution is -0.140. The van der Waals surface area contributed by atoms with Crippen molar-refractivity contribution in [1.82, 2.24) is 10.6 Å². The second-order valence-electron chi connectivity index (χ2n) is 5.21. The fourth-order valence-corrected chi connectivity index (χ4v) is 2.14. The molecule has 1 fully saturated rings. The van der Waals surface area contributed by atoms with E-state index in [0.29, 0.717) is 24.4 Å². The van der Waals surface area contributed by atoms with Gasteiger partial charge in [0.25, 0.3) is 11.8 Å². The van der Waals surface area contributed by atoms with Crippen LogP contribution < -0.4 is 16.0 Å². The summed E-state index contributed by atoms with van der Waals surface area (Å²) in [5.41, 5.74) is 1.02. The molecule has 1 atom stereocenters. The van der Waals surface area contributed by atoms with Crippen molar-refractivity contribution in [2.75, 3.05) is 38.7 Å². The number of methoxy groups -OCH3 is 1. The summed E-state index contributed by atoms with van der Waals surface area (Å²) in [7, 11) is 1.30. The van der Waals surface area contributed by atoms with Crippen LogP contribution in [0, 0.1) is 0 Å². The largest absolute Gasteiger partial charge is 0.469 e. The molecule has 1 saturated heterocycles. The molecule has 1 heterocycles. The highest BCUT2D eigenvalue weighted by molar-refractivity contribution is 5.97. The molecule has 130 valence electrons. The maximum absolute atomic E-state index is 12.0. The first-order valence-electron chi connectivity index (χ1n) is 7.68. The van der Waals surface area contributed by atoms with Crippen LogP contribution in [0.15, 0.2) is 24.3 Å². The first kappa shape index (κ1) is 17.9. The van der Waals surface area contributed by atoms with Gasteiger partial charge < -0.3 is 25.4 Å². The summed E-state index contributed by atoms with van der Waals surface area (Å²) in [5.74, 6) is -0.901. The molecule has 0 radical (unpaired) electrons. The van der Waals surface area contributed by atoms with E-state index in [1.807, 2.05) is 0 Å². The SMILES string of the molecule is COC(=O)CCNC(=O)c1ccc(NC(=O)C2CNCCO2)cc1. The second kappa shape index (κ2) is 8.99. The average molecular weight is 335 g/mol. The highest BCUT2D eigenvalue weighted by Gasteiger charge is 2.21. The molecule has 0 aliphatic carbocycles. The Bertz CT molecular complexity index is 582. The van der Waals surface area contributed by atoms with Crippen LogP contribution >= 0.6 is 0 Å². The summed E-state index contributed by atoms with van der Waals surface area (Å²) in [5, 5.41) is 8.45. The van der Waals surface area contributed by atoms with Gasteiger partial charge in [0.05, 0.1) is 20.1 Å². The van der Waals surface area contributed by atoms with Gasteiger partial charge in [0, 0.05) is 30.9 Å². The number of nitrogens with one attached hydrogen (secondary N) is 3. The Morgan fingerprint density at radius 3 is 2.67 bits per heavy atom. The predicted octanol–water partition coefficient (Wildman–Crippen LogP) is -0.0936. The van der Waals surface area contributed by atoms with Crippen LogP contribution in [-0.4, -0.2) is 57.2 Å². The molecule has 0 aromatic heterocycles. The van der Waals surface area contributed by atoms with Crippen molar-refractivity contribution in [3.05, 3.63) is 29.8 Å². The molecule has 24 heavy (non-hydrogen) atoms. The minimum Gasteiger partial charge on any atom is -0.469 e. The summed E-state index contributed by atoms with van der Waals surface area (Å²) in [6, 6.07) is 6.49. The number of morpholine rings is 1. The van der Waals surface area contributed by atoms with E-state index in [1.165, 1.54) is 7.11 Å². The fourth-order valence-electron chi connectivity index (χ4n) is 2.14. The summed E-state index contributed by atoms with van der Waals surface area (Å²) in [6.45, 7) is 1.93. The fraction of sp³-hybridized carbons (Fsp3) is 0.438. The number of anilines is 1. The summed E-state index contributed by atoms with van der Waals surface area (Å²) in [6.07, 6.45) is -0.397. The number of hydrogen-bond donors (Lipinski definition) is 3. The molecule has 1 unspecified atom stereocenters. The van der Waals surface area contributed by atoms with E-state index in [9.17, 15) is 14.4 Å². The van der Waals surface area contributed by atoms with Crippen LogP contribution in [0.25, 0.3) is 0 Å². The van der Waals surface area contributed by atoms with Crippen molar-refractivity contribution >= 4 is 23.5 Å². The van der Waals surface area contributed by atoms with Gasteiger partial charge in [-0.3, -0.25) is 14.4 Å². The maximum Gasteiger partial charge on any atom is 0.307 e. The quantitative estimate of drug-likeness (QED) is 0.627. The third kappa shape index (κ3) is 5.32. The molecule has 2 amide bonds. The summed E-state index contributed by atoms with van der Waals surface area (Å²) < 4.78 is 9.87. The summed E-state index contributed by atoms with van der Waals surface area (Å²) in [4.78, 5) is 34.9. The second-order valence-corrected chi connectivity index (χ2v) is 5.21. The van der Waals surface area contributed by atoms with Crippen molar-refractivity contribution in [2.24, 2.45) is 0 Å². The Balaban J connectivity index is 1.82. The van der Waals surface area contributed by atoms with E-state index in [4.69, 9.17) is 4.74 Å². The van der Waals surface area contributed by atoms with Gasteiger partial charge in [-0.2, -0.15) is 0 Å². The standard InChI is InChI=1S/C16H21N3O5/c1-23-14(20)6-7-18-15(21)11-2-4-12(5-3-11)19-16(22)13-10-17-8-9-24-13/h2-5,13,17H,6-10H2,1H3,(H,18,21)(H,19,22). The molecule has 3 N–H and O–H groups in total. The van der Waals surface area contributed by atoms with E-state index in [-0.39, 0.29) is 30.7 Å². The third-order valence-corrected chi connectivity index (χ3v) is 3.48. The normalized spacial score (nSPS) is 17.0. The van der Waals surface area contributed by atoms with Crippen LogP contribution in [0.4, 0.5) is 5.69 Å². The minimum absolute atomic E-state index is 0.117. The topological polar surface area (TPSA) is 106 Å². The lowest BCUT2D eigenvalue weighted by Gasteiger charge is -2.22. The van der Waals surface area contributed by atoms with E-state index in [1.54, 1.807) is 24.3 Å². The molecule has 0 spiro atoms. The maximum atomic E-state index is 12.0. The zero-order chi connectivity index (χ0) is 17.4. The molecule has 2 rings (SSSR count). The first-order valence-corrected chi connectivity index (χ1v) is 7.68. The molecule has 8 heteroatoms. The van der Waals surface area contributed by atoms with Gasteiger partial charge in [0.15, 0.2) is 0 Å².